The van der Waals surface area contributed by atoms with Crippen molar-refractivity contribution in [3.8, 4) is 0 Å². The average molecular weight is 252 g/mol. The summed E-state index contributed by atoms with van der Waals surface area (Å²) < 4.78 is 0. The highest BCUT2D eigenvalue weighted by Crippen LogP contribution is 2.21. The van der Waals surface area contributed by atoms with Gasteiger partial charge in [-0.15, -0.1) is 11.3 Å². The molecule has 2 rings (SSSR count). The smallest absolute Gasteiger partial charge is 0.320 e. The van der Waals surface area contributed by atoms with Crippen molar-refractivity contribution < 1.29 is 9.90 Å². The van der Waals surface area contributed by atoms with Gasteiger partial charge in [-0.3, -0.25) is 5.32 Å². The SMILES string of the molecule is Cc1ccc(NC(=O)N[C@@H]2C=C[C@H](CO)C2)s1. The topological polar surface area (TPSA) is 61.4 Å². The molecule has 0 saturated heterocycles. The normalized spacial score (nSPS) is 22.7. The van der Waals surface area contributed by atoms with Crippen molar-refractivity contribution in [2.45, 2.75) is 19.4 Å². The van der Waals surface area contributed by atoms with Crippen LogP contribution in [0.5, 0.6) is 0 Å². The summed E-state index contributed by atoms with van der Waals surface area (Å²) in [5.41, 5.74) is 0. The van der Waals surface area contributed by atoms with Gasteiger partial charge in [-0.1, -0.05) is 12.2 Å². The zero-order chi connectivity index (χ0) is 12.3. The molecular formula is C12H16N2O2S. The molecule has 0 bridgehead atoms. The number of thiophene rings is 1. The summed E-state index contributed by atoms with van der Waals surface area (Å²) >= 11 is 1.55. The lowest BCUT2D eigenvalue weighted by molar-refractivity contribution is 0.238. The Bertz CT molecular complexity index is 428. The molecule has 92 valence electrons. The molecule has 1 aromatic rings. The first-order valence-electron chi connectivity index (χ1n) is 5.60. The number of rotatable bonds is 3. The number of urea groups is 1. The first-order chi connectivity index (χ1) is 8.17. The third kappa shape index (κ3) is 3.31. The monoisotopic (exact) mass is 252 g/mol. The van der Waals surface area contributed by atoms with Crippen LogP contribution in [-0.4, -0.2) is 23.8 Å². The summed E-state index contributed by atoms with van der Waals surface area (Å²) in [5.74, 6) is 0.171. The van der Waals surface area contributed by atoms with Crippen LogP contribution in [0.15, 0.2) is 24.3 Å². The van der Waals surface area contributed by atoms with Gasteiger partial charge in [0.15, 0.2) is 0 Å². The number of hydrogen-bond donors (Lipinski definition) is 3. The van der Waals surface area contributed by atoms with Crippen molar-refractivity contribution in [1.29, 1.82) is 0 Å². The number of carbonyl (C=O) groups is 1. The Balaban J connectivity index is 1.80. The van der Waals surface area contributed by atoms with Gasteiger partial charge in [-0.25, -0.2) is 4.79 Å². The molecule has 0 aliphatic heterocycles. The lowest BCUT2D eigenvalue weighted by atomic mass is 10.1. The molecule has 3 N–H and O–H groups in total. The highest BCUT2D eigenvalue weighted by molar-refractivity contribution is 7.16. The van der Waals surface area contributed by atoms with Crippen LogP contribution in [0.3, 0.4) is 0 Å². The first-order valence-corrected chi connectivity index (χ1v) is 6.42. The lowest BCUT2D eigenvalue weighted by Gasteiger charge is -2.12. The van der Waals surface area contributed by atoms with Gasteiger partial charge < -0.3 is 10.4 Å². The number of nitrogens with one attached hydrogen (secondary N) is 2. The van der Waals surface area contributed by atoms with Crippen molar-refractivity contribution in [2.75, 3.05) is 11.9 Å². The predicted octanol–water partition coefficient (Wildman–Crippen LogP) is 2.12. The molecule has 17 heavy (non-hydrogen) atoms. The zero-order valence-corrected chi connectivity index (χ0v) is 10.5. The Hall–Kier alpha value is -1.33. The molecule has 0 aromatic carbocycles. The van der Waals surface area contributed by atoms with E-state index < -0.39 is 0 Å². The second-order valence-electron chi connectivity index (χ2n) is 4.18. The first kappa shape index (κ1) is 12.1. The summed E-state index contributed by atoms with van der Waals surface area (Å²) in [6, 6.07) is 3.69. The van der Waals surface area contributed by atoms with Crippen molar-refractivity contribution >= 4 is 22.4 Å². The average Bonchev–Trinajstić information content (AvgIpc) is 2.88. The van der Waals surface area contributed by atoms with Gasteiger partial charge in [0.25, 0.3) is 0 Å². The van der Waals surface area contributed by atoms with Crippen LogP contribution < -0.4 is 10.6 Å². The molecule has 4 nitrogen and oxygen atoms in total. The Kier molecular flexibility index (Phi) is 3.81. The Morgan fingerprint density at radius 2 is 2.35 bits per heavy atom. The van der Waals surface area contributed by atoms with E-state index in [4.69, 9.17) is 5.11 Å². The number of amides is 2. The van der Waals surface area contributed by atoms with Crippen molar-refractivity contribution in [3.05, 3.63) is 29.2 Å². The molecule has 0 spiro atoms. The van der Waals surface area contributed by atoms with Gasteiger partial charge in [0.2, 0.25) is 0 Å². The van der Waals surface area contributed by atoms with Gasteiger partial charge in [-0.05, 0) is 25.5 Å². The van der Waals surface area contributed by atoms with Crippen molar-refractivity contribution in [3.63, 3.8) is 0 Å². The molecule has 2 atom stereocenters. The molecule has 5 heteroatoms. The number of aliphatic hydroxyl groups excluding tert-OH is 1. The zero-order valence-electron chi connectivity index (χ0n) is 9.64. The van der Waals surface area contributed by atoms with Crippen LogP contribution in [-0.2, 0) is 0 Å². The van der Waals surface area contributed by atoms with Crippen molar-refractivity contribution in [1.82, 2.24) is 5.32 Å². The summed E-state index contributed by atoms with van der Waals surface area (Å²) in [6.45, 7) is 2.14. The van der Waals surface area contributed by atoms with Gasteiger partial charge in [0.1, 0.15) is 0 Å². The number of hydrogen-bond acceptors (Lipinski definition) is 3. The Labute approximate surface area is 104 Å². The van der Waals surface area contributed by atoms with Crippen LogP contribution in [0.25, 0.3) is 0 Å². The van der Waals surface area contributed by atoms with Gasteiger partial charge in [0.05, 0.1) is 5.00 Å². The maximum Gasteiger partial charge on any atom is 0.320 e. The number of anilines is 1. The Morgan fingerprint density at radius 1 is 1.53 bits per heavy atom. The highest BCUT2D eigenvalue weighted by atomic mass is 32.1. The van der Waals surface area contributed by atoms with Gasteiger partial charge in [0, 0.05) is 23.4 Å². The van der Waals surface area contributed by atoms with Crippen LogP contribution in [0.4, 0.5) is 9.80 Å². The van der Waals surface area contributed by atoms with Crippen LogP contribution >= 0.6 is 11.3 Å². The van der Waals surface area contributed by atoms with E-state index in [2.05, 4.69) is 10.6 Å². The molecule has 1 aliphatic carbocycles. The molecule has 2 amide bonds. The van der Waals surface area contributed by atoms with E-state index in [1.54, 1.807) is 11.3 Å². The molecule has 1 aliphatic rings. The third-order valence-electron chi connectivity index (χ3n) is 2.70. The quantitative estimate of drug-likeness (QED) is 0.722. The molecule has 0 unspecified atom stereocenters. The number of aliphatic hydroxyl groups is 1. The second kappa shape index (κ2) is 5.33. The van der Waals surface area contributed by atoms with Gasteiger partial charge >= 0.3 is 6.03 Å². The second-order valence-corrected chi connectivity index (χ2v) is 5.47. The maximum atomic E-state index is 11.7. The predicted molar refractivity (Wildman–Crippen MR) is 69.3 cm³/mol. The van der Waals surface area contributed by atoms with E-state index in [0.29, 0.717) is 0 Å². The van der Waals surface area contributed by atoms with E-state index in [0.717, 1.165) is 11.4 Å². The van der Waals surface area contributed by atoms with E-state index >= 15 is 0 Å². The lowest BCUT2D eigenvalue weighted by Crippen LogP contribution is -2.36. The van der Waals surface area contributed by atoms with E-state index in [1.807, 2.05) is 31.2 Å². The fraction of sp³-hybridized carbons (Fsp3) is 0.417. The largest absolute Gasteiger partial charge is 0.396 e. The summed E-state index contributed by atoms with van der Waals surface area (Å²) in [7, 11) is 0. The minimum atomic E-state index is -0.194. The van der Waals surface area contributed by atoms with Gasteiger partial charge in [-0.2, -0.15) is 0 Å². The molecule has 0 saturated carbocycles. The molecule has 1 heterocycles. The van der Waals surface area contributed by atoms with Crippen molar-refractivity contribution in [2.24, 2.45) is 5.92 Å². The van der Waals surface area contributed by atoms with E-state index in [9.17, 15) is 4.79 Å². The summed E-state index contributed by atoms with van der Waals surface area (Å²) in [4.78, 5) is 12.8. The van der Waals surface area contributed by atoms with E-state index in [1.165, 1.54) is 4.88 Å². The third-order valence-corrected chi connectivity index (χ3v) is 3.62. The fourth-order valence-electron chi connectivity index (χ4n) is 1.84. The number of carbonyl (C=O) groups excluding carboxylic acids is 1. The van der Waals surface area contributed by atoms with E-state index in [-0.39, 0.29) is 24.6 Å². The molecule has 0 radical (unpaired) electrons. The molecular weight excluding hydrogens is 236 g/mol. The fourth-order valence-corrected chi connectivity index (χ4v) is 2.60. The number of aryl methyl sites for hydroxylation is 1. The minimum Gasteiger partial charge on any atom is -0.396 e. The standard InChI is InChI=1S/C12H16N2O2S/c1-8-2-5-11(17-8)14-12(16)13-10-4-3-9(6-10)7-15/h2-5,9-10,15H,6-7H2,1H3,(H2,13,14,16)/t9-,10+/m0/s1. The Morgan fingerprint density at radius 3 is 2.94 bits per heavy atom. The highest BCUT2D eigenvalue weighted by Gasteiger charge is 2.19. The summed E-state index contributed by atoms with van der Waals surface area (Å²) in [5, 5.41) is 15.5. The van der Waals surface area contributed by atoms with Crippen LogP contribution in [0.1, 0.15) is 11.3 Å². The van der Waals surface area contributed by atoms with Crippen LogP contribution in [0.2, 0.25) is 0 Å². The maximum absolute atomic E-state index is 11.7. The molecule has 1 aromatic heterocycles. The van der Waals surface area contributed by atoms with Crippen LogP contribution in [0, 0.1) is 12.8 Å². The molecule has 0 fully saturated rings. The minimum absolute atomic E-state index is 0.0215. The summed E-state index contributed by atoms with van der Waals surface area (Å²) in [6.07, 6.45) is 4.65.